The third kappa shape index (κ3) is 2.81. The zero-order chi connectivity index (χ0) is 14.7. The molecule has 0 saturated carbocycles. The smallest absolute Gasteiger partial charge is 0.227 e. The SMILES string of the molecule is CCC(=O)N1C[C@@H](C(=O)N(C)C)[C@H](c2cccnc2)C1. The van der Waals surface area contributed by atoms with Crippen molar-refractivity contribution in [2.45, 2.75) is 19.3 Å². The number of hydrogen-bond acceptors (Lipinski definition) is 3. The molecule has 5 heteroatoms. The average Bonchev–Trinajstić information content (AvgIpc) is 2.91. The molecule has 2 atom stereocenters. The summed E-state index contributed by atoms with van der Waals surface area (Å²) in [6, 6.07) is 3.85. The van der Waals surface area contributed by atoms with Crippen molar-refractivity contribution in [3.8, 4) is 0 Å². The molecule has 2 amide bonds. The van der Waals surface area contributed by atoms with Crippen molar-refractivity contribution in [3.63, 3.8) is 0 Å². The minimum Gasteiger partial charge on any atom is -0.349 e. The molecule has 2 rings (SSSR count). The Morgan fingerprint density at radius 2 is 2.15 bits per heavy atom. The number of pyridine rings is 1. The van der Waals surface area contributed by atoms with Crippen molar-refractivity contribution in [3.05, 3.63) is 30.1 Å². The van der Waals surface area contributed by atoms with Crippen LogP contribution in [0.15, 0.2) is 24.5 Å². The van der Waals surface area contributed by atoms with E-state index >= 15 is 0 Å². The molecule has 108 valence electrons. The highest BCUT2D eigenvalue weighted by Gasteiger charge is 2.40. The fraction of sp³-hybridized carbons (Fsp3) is 0.533. The molecule has 0 radical (unpaired) electrons. The standard InChI is InChI=1S/C15H21N3O2/c1-4-14(19)18-9-12(11-6-5-7-16-8-11)13(10-18)15(20)17(2)3/h5-8,12-13H,4,9-10H2,1-3H3/t12-,13+/m0/s1. The lowest BCUT2D eigenvalue weighted by molar-refractivity contribution is -0.133. The van der Waals surface area contributed by atoms with Gasteiger partial charge in [0.25, 0.3) is 0 Å². The number of amides is 2. The van der Waals surface area contributed by atoms with E-state index in [0.717, 1.165) is 5.56 Å². The molecule has 5 nitrogen and oxygen atoms in total. The van der Waals surface area contributed by atoms with Crippen LogP contribution < -0.4 is 0 Å². The van der Waals surface area contributed by atoms with Crippen LogP contribution in [-0.4, -0.2) is 53.8 Å². The van der Waals surface area contributed by atoms with Crippen molar-refractivity contribution in [1.29, 1.82) is 0 Å². The molecular weight excluding hydrogens is 254 g/mol. The quantitative estimate of drug-likeness (QED) is 0.830. The van der Waals surface area contributed by atoms with Gasteiger partial charge in [0.1, 0.15) is 0 Å². The predicted molar refractivity (Wildman–Crippen MR) is 76.0 cm³/mol. The fourth-order valence-corrected chi connectivity index (χ4v) is 2.75. The highest BCUT2D eigenvalue weighted by molar-refractivity contribution is 5.83. The second-order valence-corrected chi connectivity index (χ2v) is 5.38. The largest absolute Gasteiger partial charge is 0.349 e. The average molecular weight is 275 g/mol. The minimum absolute atomic E-state index is 0.0362. The number of likely N-dealkylation sites (tertiary alicyclic amines) is 1. The Hall–Kier alpha value is -1.91. The fourth-order valence-electron chi connectivity index (χ4n) is 2.75. The highest BCUT2D eigenvalue weighted by Crippen LogP contribution is 2.33. The third-order valence-corrected chi connectivity index (χ3v) is 3.85. The molecule has 0 bridgehead atoms. The van der Waals surface area contributed by atoms with Crippen LogP contribution in [0.5, 0.6) is 0 Å². The second-order valence-electron chi connectivity index (χ2n) is 5.38. The summed E-state index contributed by atoms with van der Waals surface area (Å²) in [6.07, 6.45) is 3.99. The predicted octanol–water partition coefficient (Wildman–Crippen LogP) is 1.12. The molecule has 20 heavy (non-hydrogen) atoms. The van der Waals surface area contributed by atoms with Gasteiger partial charge < -0.3 is 9.80 Å². The summed E-state index contributed by atoms with van der Waals surface area (Å²) >= 11 is 0. The molecule has 0 spiro atoms. The molecule has 1 aliphatic rings. The normalized spacial score (nSPS) is 21.9. The van der Waals surface area contributed by atoms with E-state index in [4.69, 9.17) is 0 Å². The summed E-state index contributed by atoms with van der Waals surface area (Å²) in [5.41, 5.74) is 1.03. The van der Waals surface area contributed by atoms with Gasteiger partial charge >= 0.3 is 0 Å². The van der Waals surface area contributed by atoms with E-state index in [-0.39, 0.29) is 23.7 Å². The molecule has 0 unspecified atom stereocenters. The first-order valence-corrected chi connectivity index (χ1v) is 6.93. The van der Waals surface area contributed by atoms with Crippen LogP contribution in [0.2, 0.25) is 0 Å². The van der Waals surface area contributed by atoms with E-state index in [1.165, 1.54) is 0 Å². The maximum absolute atomic E-state index is 12.4. The van der Waals surface area contributed by atoms with Crippen molar-refractivity contribution >= 4 is 11.8 Å². The van der Waals surface area contributed by atoms with Gasteiger partial charge in [0.2, 0.25) is 11.8 Å². The van der Waals surface area contributed by atoms with Crippen molar-refractivity contribution in [1.82, 2.24) is 14.8 Å². The number of aromatic nitrogens is 1. The maximum atomic E-state index is 12.4. The molecule has 1 fully saturated rings. The first-order valence-electron chi connectivity index (χ1n) is 6.93. The van der Waals surface area contributed by atoms with Gasteiger partial charge in [-0.3, -0.25) is 14.6 Å². The van der Waals surface area contributed by atoms with E-state index in [1.54, 1.807) is 36.3 Å². The molecule has 2 heterocycles. The first-order chi connectivity index (χ1) is 9.54. The van der Waals surface area contributed by atoms with E-state index in [0.29, 0.717) is 19.5 Å². The van der Waals surface area contributed by atoms with Crippen LogP contribution in [0.3, 0.4) is 0 Å². The Labute approximate surface area is 119 Å². The van der Waals surface area contributed by atoms with E-state index < -0.39 is 0 Å². The van der Waals surface area contributed by atoms with Crippen LogP contribution in [0.25, 0.3) is 0 Å². The lowest BCUT2D eigenvalue weighted by Crippen LogP contribution is -2.34. The number of nitrogens with zero attached hydrogens (tertiary/aromatic N) is 3. The van der Waals surface area contributed by atoms with Crippen LogP contribution in [0, 0.1) is 5.92 Å². The summed E-state index contributed by atoms with van der Waals surface area (Å²) in [4.78, 5) is 31.8. The van der Waals surface area contributed by atoms with Gasteiger partial charge in [-0.25, -0.2) is 0 Å². The van der Waals surface area contributed by atoms with E-state index in [9.17, 15) is 9.59 Å². The Kier molecular flexibility index (Phi) is 4.37. The Morgan fingerprint density at radius 1 is 1.40 bits per heavy atom. The van der Waals surface area contributed by atoms with E-state index in [1.807, 2.05) is 19.1 Å². The lowest BCUT2D eigenvalue weighted by Gasteiger charge is -2.21. The Morgan fingerprint density at radius 3 is 2.70 bits per heavy atom. The summed E-state index contributed by atoms with van der Waals surface area (Å²) in [7, 11) is 3.51. The van der Waals surface area contributed by atoms with Gasteiger partial charge in [0.05, 0.1) is 5.92 Å². The summed E-state index contributed by atoms with van der Waals surface area (Å²) in [5.74, 6) is 0.0389. The van der Waals surface area contributed by atoms with Gasteiger partial charge in [-0.1, -0.05) is 13.0 Å². The molecule has 1 aliphatic heterocycles. The minimum atomic E-state index is -0.176. The third-order valence-electron chi connectivity index (χ3n) is 3.85. The van der Waals surface area contributed by atoms with Gasteiger partial charge in [-0.2, -0.15) is 0 Å². The molecule has 0 aliphatic carbocycles. The lowest BCUT2D eigenvalue weighted by atomic mass is 9.89. The van der Waals surface area contributed by atoms with Gasteiger partial charge in [-0.15, -0.1) is 0 Å². The molecule has 0 aromatic carbocycles. The number of hydrogen-bond donors (Lipinski definition) is 0. The Balaban J connectivity index is 2.26. The second kappa shape index (κ2) is 6.03. The maximum Gasteiger partial charge on any atom is 0.227 e. The Bertz CT molecular complexity index is 487. The monoisotopic (exact) mass is 275 g/mol. The van der Waals surface area contributed by atoms with Crippen molar-refractivity contribution < 1.29 is 9.59 Å². The van der Waals surface area contributed by atoms with Crippen LogP contribution in [-0.2, 0) is 9.59 Å². The first kappa shape index (κ1) is 14.5. The van der Waals surface area contributed by atoms with Gasteiger partial charge in [-0.05, 0) is 11.6 Å². The van der Waals surface area contributed by atoms with Crippen LogP contribution in [0.1, 0.15) is 24.8 Å². The van der Waals surface area contributed by atoms with Crippen LogP contribution >= 0.6 is 0 Å². The van der Waals surface area contributed by atoms with Crippen LogP contribution in [0.4, 0.5) is 0 Å². The molecule has 0 N–H and O–H groups in total. The van der Waals surface area contributed by atoms with Gasteiger partial charge in [0, 0.05) is 51.9 Å². The number of rotatable bonds is 3. The summed E-state index contributed by atoms with van der Waals surface area (Å²) < 4.78 is 0. The highest BCUT2D eigenvalue weighted by atomic mass is 16.2. The summed E-state index contributed by atoms with van der Waals surface area (Å²) in [5, 5.41) is 0. The zero-order valence-corrected chi connectivity index (χ0v) is 12.2. The van der Waals surface area contributed by atoms with Gasteiger partial charge in [0.15, 0.2) is 0 Å². The summed E-state index contributed by atoms with van der Waals surface area (Å²) in [6.45, 7) is 2.95. The molecule has 1 saturated heterocycles. The van der Waals surface area contributed by atoms with Crippen molar-refractivity contribution in [2.24, 2.45) is 5.92 Å². The molecular formula is C15H21N3O2. The topological polar surface area (TPSA) is 53.5 Å². The zero-order valence-electron chi connectivity index (χ0n) is 12.2. The van der Waals surface area contributed by atoms with Crippen molar-refractivity contribution in [2.75, 3.05) is 27.2 Å². The van der Waals surface area contributed by atoms with E-state index in [2.05, 4.69) is 4.98 Å². The molecule has 1 aromatic heterocycles. The number of carbonyl (C=O) groups is 2. The number of carbonyl (C=O) groups excluding carboxylic acids is 2. The molecule has 1 aromatic rings.